The van der Waals surface area contributed by atoms with Gasteiger partial charge in [-0.2, -0.15) is 9.29 Å². The quantitative estimate of drug-likeness (QED) is 0.585. The van der Waals surface area contributed by atoms with Crippen molar-refractivity contribution in [3.63, 3.8) is 0 Å². The van der Waals surface area contributed by atoms with E-state index in [-0.39, 0.29) is 42.0 Å². The summed E-state index contributed by atoms with van der Waals surface area (Å²) in [6.45, 7) is 6.54. The Morgan fingerprint density at radius 2 is 2.17 bits per heavy atom. The fourth-order valence-electron chi connectivity index (χ4n) is 2.96. The van der Waals surface area contributed by atoms with Gasteiger partial charge in [-0.05, 0) is 18.4 Å². The van der Waals surface area contributed by atoms with Crippen molar-refractivity contribution >= 4 is 27.3 Å². The average molecular weight is 456 g/mol. The van der Waals surface area contributed by atoms with Gasteiger partial charge in [-0.3, -0.25) is 0 Å². The highest BCUT2D eigenvalue weighted by molar-refractivity contribution is 7.89. The molecule has 1 saturated heterocycles. The van der Waals surface area contributed by atoms with Crippen LogP contribution in [0.1, 0.15) is 41.0 Å². The zero-order chi connectivity index (χ0) is 21.9. The number of carbonyl (C=O) groups is 1. The van der Waals surface area contributed by atoms with E-state index in [1.165, 1.54) is 17.5 Å². The Morgan fingerprint density at radius 1 is 1.40 bits per heavy atom. The van der Waals surface area contributed by atoms with Crippen LogP contribution in [0.2, 0.25) is 0 Å². The number of ether oxygens (including phenoxy) is 3. The minimum Gasteiger partial charge on any atom is -0.475 e. The predicted octanol–water partition coefficient (Wildman–Crippen LogP) is 2.23. The third kappa shape index (κ3) is 4.97. The molecule has 0 saturated carbocycles. The Kier molecular flexibility index (Phi) is 7.06. The number of methoxy groups -OCH3 is 1. The molecule has 1 atom stereocenters. The van der Waals surface area contributed by atoms with Crippen LogP contribution in [0.4, 0.5) is 0 Å². The van der Waals surface area contributed by atoms with E-state index in [4.69, 9.17) is 14.2 Å². The number of hydrogen-bond donors (Lipinski definition) is 0. The molecule has 0 N–H and O–H groups in total. The second-order valence-corrected chi connectivity index (χ2v) is 9.96. The molecule has 3 heterocycles. The molecule has 2 aromatic heterocycles. The van der Waals surface area contributed by atoms with Crippen molar-refractivity contribution in [2.24, 2.45) is 0 Å². The lowest BCUT2D eigenvalue weighted by atomic mass is 10.2. The number of sulfonamides is 1. The molecule has 1 unspecified atom stereocenters. The maximum absolute atomic E-state index is 13.1. The molecule has 30 heavy (non-hydrogen) atoms. The smallest absolute Gasteiger partial charge is 0.349 e. The van der Waals surface area contributed by atoms with Crippen LogP contribution in [0.5, 0.6) is 5.88 Å². The summed E-state index contributed by atoms with van der Waals surface area (Å²) in [4.78, 5) is 20.7. The molecule has 11 heteroatoms. The Balaban J connectivity index is 1.70. The molecule has 0 spiro atoms. The molecule has 2 aromatic rings. The number of esters is 1. The Morgan fingerprint density at radius 3 is 2.87 bits per heavy atom. The number of rotatable bonds is 7. The van der Waals surface area contributed by atoms with Gasteiger partial charge in [-0.1, -0.05) is 13.8 Å². The number of aryl methyl sites for hydroxylation is 1. The average Bonchev–Trinajstić information content (AvgIpc) is 3.22. The summed E-state index contributed by atoms with van der Waals surface area (Å²) in [5.74, 6) is 0.609. The number of hydrogen-bond acceptors (Lipinski definition) is 9. The molecule has 9 nitrogen and oxygen atoms in total. The van der Waals surface area contributed by atoms with Crippen LogP contribution in [0.25, 0.3) is 0 Å². The fraction of sp³-hybridized carbons (Fsp3) is 0.526. The van der Waals surface area contributed by atoms with Gasteiger partial charge in [0.2, 0.25) is 15.9 Å². The van der Waals surface area contributed by atoms with E-state index in [0.717, 1.165) is 17.0 Å². The van der Waals surface area contributed by atoms with E-state index in [1.54, 1.807) is 11.4 Å². The van der Waals surface area contributed by atoms with Crippen molar-refractivity contribution in [1.29, 1.82) is 0 Å². The molecular formula is C19H25N3O6S2. The van der Waals surface area contributed by atoms with Crippen LogP contribution < -0.4 is 4.74 Å². The molecule has 0 radical (unpaired) electrons. The van der Waals surface area contributed by atoms with Crippen LogP contribution in [0, 0.1) is 6.92 Å². The highest BCUT2D eigenvalue weighted by atomic mass is 32.2. The zero-order valence-corrected chi connectivity index (χ0v) is 19.0. The summed E-state index contributed by atoms with van der Waals surface area (Å²) < 4.78 is 43.6. The first-order valence-corrected chi connectivity index (χ1v) is 11.8. The van der Waals surface area contributed by atoms with Crippen molar-refractivity contribution in [2.45, 2.75) is 37.7 Å². The minimum absolute atomic E-state index is 0.0473. The molecule has 0 aromatic carbocycles. The second-order valence-electron chi connectivity index (χ2n) is 7.13. The molecular weight excluding hydrogens is 430 g/mol. The molecule has 3 rings (SSSR count). The Labute approximate surface area is 180 Å². The van der Waals surface area contributed by atoms with Gasteiger partial charge < -0.3 is 14.2 Å². The highest BCUT2D eigenvalue weighted by Crippen LogP contribution is 2.27. The van der Waals surface area contributed by atoms with Crippen LogP contribution >= 0.6 is 11.3 Å². The SMILES string of the molecule is COC(=O)c1sccc1S(=O)(=O)N1CCOC(COc2cc(C)nc(C(C)C)n2)C1. The first-order valence-electron chi connectivity index (χ1n) is 9.48. The lowest BCUT2D eigenvalue weighted by Gasteiger charge is -2.31. The third-order valence-electron chi connectivity index (χ3n) is 4.50. The van der Waals surface area contributed by atoms with Gasteiger partial charge in [-0.15, -0.1) is 11.3 Å². The van der Waals surface area contributed by atoms with Crippen molar-refractivity contribution in [3.8, 4) is 5.88 Å². The van der Waals surface area contributed by atoms with Gasteiger partial charge in [0.1, 0.15) is 28.3 Å². The summed E-state index contributed by atoms with van der Waals surface area (Å²) in [6, 6.07) is 3.15. The highest BCUT2D eigenvalue weighted by Gasteiger charge is 2.34. The summed E-state index contributed by atoms with van der Waals surface area (Å²) in [7, 11) is -2.64. The van der Waals surface area contributed by atoms with Crippen LogP contribution in [0.3, 0.4) is 0 Å². The molecule has 1 aliphatic heterocycles. The van der Waals surface area contributed by atoms with E-state index in [1.807, 2.05) is 20.8 Å². The van der Waals surface area contributed by atoms with E-state index in [2.05, 4.69) is 9.97 Å². The van der Waals surface area contributed by atoms with Crippen LogP contribution in [0.15, 0.2) is 22.4 Å². The van der Waals surface area contributed by atoms with Crippen molar-refractivity contribution in [2.75, 3.05) is 33.4 Å². The lowest BCUT2D eigenvalue weighted by molar-refractivity contribution is -0.0257. The van der Waals surface area contributed by atoms with Gasteiger partial charge in [0.05, 0.1) is 13.7 Å². The van der Waals surface area contributed by atoms with Gasteiger partial charge >= 0.3 is 5.97 Å². The fourth-order valence-corrected chi connectivity index (χ4v) is 5.73. The number of aromatic nitrogens is 2. The normalized spacial score (nSPS) is 17.8. The van der Waals surface area contributed by atoms with E-state index < -0.39 is 22.1 Å². The van der Waals surface area contributed by atoms with Crippen LogP contribution in [-0.4, -0.2) is 68.2 Å². The third-order valence-corrected chi connectivity index (χ3v) is 7.43. The second kappa shape index (κ2) is 9.38. The van der Waals surface area contributed by atoms with Crippen molar-refractivity contribution < 1.29 is 27.4 Å². The molecule has 1 aliphatic rings. The topological polar surface area (TPSA) is 108 Å². The van der Waals surface area contributed by atoms with Gasteiger partial charge in [0, 0.05) is 30.8 Å². The van der Waals surface area contributed by atoms with Crippen LogP contribution in [-0.2, 0) is 19.5 Å². The van der Waals surface area contributed by atoms with E-state index in [9.17, 15) is 13.2 Å². The Bertz CT molecular complexity index is 1010. The van der Waals surface area contributed by atoms with Crippen molar-refractivity contribution in [1.82, 2.24) is 14.3 Å². The first kappa shape index (κ1) is 22.6. The number of carbonyl (C=O) groups excluding carboxylic acids is 1. The monoisotopic (exact) mass is 455 g/mol. The first-order chi connectivity index (χ1) is 14.2. The Hall–Kier alpha value is -2.08. The van der Waals surface area contributed by atoms with Crippen molar-refractivity contribution in [3.05, 3.63) is 33.9 Å². The number of morpholine rings is 1. The molecule has 0 bridgehead atoms. The van der Waals surface area contributed by atoms with E-state index >= 15 is 0 Å². The maximum atomic E-state index is 13.1. The van der Waals surface area contributed by atoms with Gasteiger partial charge in [0.25, 0.3) is 0 Å². The lowest BCUT2D eigenvalue weighted by Crippen LogP contribution is -2.47. The summed E-state index contributed by atoms with van der Waals surface area (Å²) >= 11 is 1.04. The molecule has 164 valence electrons. The zero-order valence-electron chi connectivity index (χ0n) is 17.3. The summed E-state index contributed by atoms with van der Waals surface area (Å²) in [6.07, 6.45) is -0.466. The predicted molar refractivity (Wildman–Crippen MR) is 111 cm³/mol. The standard InChI is InChI=1S/C19H25N3O6S2/c1-12(2)18-20-13(3)9-16(21-18)28-11-14-10-22(6-7-27-14)30(24,25)15-5-8-29-17(15)19(23)26-4/h5,8-9,12,14H,6-7,10-11H2,1-4H3. The molecule has 0 amide bonds. The summed E-state index contributed by atoms with van der Waals surface area (Å²) in [5, 5.41) is 1.56. The largest absolute Gasteiger partial charge is 0.475 e. The summed E-state index contributed by atoms with van der Waals surface area (Å²) in [5.41, 5.74) is 0.797. The maximum Gasteiger partial charge on any atom is 0.349 e. The number of thiophene rings is 1. The minimum atomic E-state index is -3.86. The van der Waals surface area contributed by atoms with Gasteiger partial charge in [-0.25, -0.2) is 18.2 Å². The molecule has 0 aliphatic carbocycles. The molecule has 1 fully saturated rings. The number of nitrogens with zero attached hydrogens (tertiary/aromatic N) is 3. The van der Waals surface area contributed by atoms with E-state index in [0.29, 0.717) is 11.7 Å². The van der Waals surface area contributed by atoms with Gasteiger partial charge in [0.15, 0.2) is 0 Å².